The first kappa shape index (κ1) is 15.8. The van der Waals surface area contributed by atoms with Gasteiger partial charge in [-0.05, 0) is 19.3 Å². The quantitative estimate of drug-likeness (QED) is 0.655. The molecule has 2 aliphatic rings. The zero-order chi connectivity index (χ0) is 15.6. The predicted molar refractivity (Wildman–Crippen MR) is 74.3 cm³/mol. The Hall–Kier alpha value is -1.58. The van der Waals surface area contributed by atoms with E-state index in [9.17, 15) is 23.1 Å². The molecular weight excluding hydrogens is 298 g/mol. The van der Waals surface area contributed by atoms with E-state index in [1.807, 2.05) is 0 Å². The van der Waals surface area contributed by atoms with Crippen molar-refractivity contribution in [1.82, 2.24) is 4.31 Å². The molecule has 2 heterocycles. The van der Waals surface area contributed by atoms with E-state index in [1.54, 1.807) is 0 Å². The first-order valence-electron chi connectivity index (χ1n) is 6.44. The van der Waals surface area contributed by atoms with E-state index in [4.69, 9.17) is 5.73 Å². The number of sulfonamides is 1. The molecule has 21 heavy (non-hydrogen) atoms. The van der Waals surface area contributed by atoms with Crippen molar-refractivity contribution in [3.8, 4) is 0 Å². The molecule has 0 saturated carbocycles. The van der Waals surface area contributed by atoms with Gasteiger partial charge < -0.3 is 10.8 Å². The molecule has 1 amide bonds. The third-order valence-corrected chi connectivity index (χ3v) is 5.16. The van der Waals surface area contributed by atoms with E-state index in [0.29, 0.717) is 12.8 Å². The van der Waals surface area contributed by atoms with Crippen molar-refractivity contribution >= 4 is 26.8 Å². The molecule has 1 radical (unpaired) electrons. The Labute approximate surface area is 122 Å². The van der Waals surface area contributed by atoms with Crippen molar-refractivity contribution in [2.24, 2.45) is 10.7 Å². The molecule has 9 heteroatoms. The maximum Gasteiger partial charge on any atom is 0.265 e. The molecule has 0 aromatic carbocycles. The number of aliphatic imine (C=N–C) groups is 1. The van der Waals surface area contributed by atoms with Gasteiger partial charge in [0.25, 0.3) is 10.0 Å². The topological polar surface area (TPSA) is 130 Å². The van der Waals surface area contributed by atoms with Gasteiger partial charge in [0.15, 0.2) is 5.78 Å². The maximum atomic E-state index is 12.6. The van der Waals surface area contributed by atoms with Crippen LogP contribution in [0.4, 0.5) is 0 Å². The van der Waals surface area contributed by atoms with Crippen molar-refractivity contribution in [2.75, 3.05) is 6.54 Å². The fourth-order valence-electron chi connectivity index (χ4n) is 2.31. The smallest absolute Gasteiger partial charge is 0.265 e. The lowest BCUT2D eigenvalue weighted by molar-refractivity contribution is -0.124. The summed E-state index contributed by atoms with van der Waals surface area (Å²) in [5.41, 5.74) is 5.21. The van der Waals surface area contributed by atoms with Crippen LogP contribution >= 0.6 is 0 Å². The lowest BCUT2D eigenvalue weighted by atomic mass is 10.1. The number of aliphatic hydroxyl groups is 1. The van der Waals surface area contributed by atoms with Gasteiger partial charge in [0.2, 0.25) is 11.0 Å². The zero-order valence-corrected chi connectivity index (χ0v) is 12.0. The molecule has 8 nitrogen and oxygen atoms in total. The van der Waals surface area contributed by atoms with Gasteiger partial charge in [-0.15, -0.1) is 0 Å². The van der Waals surface area contributed by atoms with Crippen LogP contribution in [-0.2, 0) is 19.6 Å². The van der Waals surface area contributed by atoms with E-state index in [-0.39, 0.29) is 13.0 Å². The number of hydrogen-bond acceptors (Lipinski definition) is 6. The molecule has 2 atom stereocenters. The lowest BCUT2D eigenvalue weighted by Gasteiger charge is -2.29. The number of Topliss-reactive ketones (excluding diaryl/α,β-unsaturated/α-hetero) is 1. The first-order chi connectivity index (χ1) is 9.85. The fraction of sp³-hybridized carbons (Fsp3) is 0.500. The average Bonchev–Trinajstić information content (AvgIpc) is 2.61. The van der Waals surface area contributed by atoms with E-state index >= 15 is 0 Å². The Morgan fingerprint density at radius 3 is 2.81 bits per heavy atom. The summed E-state index contributed by atoms with van der Waals surface area (Å²) < 4.78 is 25.9. The predicted octanol–water partition coefficient (Wildman–Crippen LogP) is -1.28. The highest BCUT2D eigenvalue weighted by atomic mass is 32.2. The average molecular weight is 314 g/mol. The molecule has 2 unspecified atom stereocenters. The number of ketones is 1. The number of nitrogens with zero attached hydrogens (tertiary/aromatic N) is 2. The van der Waals surface area contributed by atoms with Crippen LogP contribution in [0.25, 0.3) is 0 Å². The molecule has 0 aliphatic carbocycles. The third-order valence-electron chi connectivity index (χ3n) is 3.31. The van der Waals surface area contributed by atoms with Crippen LogP contribution < -0.4 is 5.73 Å². The Morgan fingerprint density at radius 1 is 1.48 bits per heavy atom. The molecule has 3 N–H and O–H groups in total. The van der Waals surface area contributed by atoms with Crippen LogP contribution in [0, 0.1) is 6.42 Å². The van der Waals surface area contributed by atoms with Crippen molar-refractivity contribution < 1.29 is 23.1 Å². The van der Waals surface area contributed by atoms with Crippen LogP contribution in [0.5, 0.6) is 0 Å². The Balaban J connectivity index is 2.44. The number of carbonyl (C=O) groups excluding carboxylic acids is 2. The Morgan fingerprint density at radius 2 is 2.19 bits per heavy atom. The molecular formula is C12H16N3O5S. The summed E-state index contributed by atoms with van der Waals surface area (Å²) in [6.07, 6.45) is 3.59. The maximum absolute atomic E-state index is 12.6. The molecule has 115 valence electrons. The number of carbonyl (C=O) groups is 2. The highest BCUT2D eigenvalue weighted by Crippen LogP contribution is 2.22. The second-order valence-corrected chi connectivity index (χ2v) is 6.58. The monoisotopic (exact) mass is 314 g/mol. The summed E-state index contributed by atoms with van der Waals surface area (Å²) in [6.45, 7) is -0.0144. The summed E-state index contributed by atoms with van der Waals surface area (Å²) in [4.78, 5) is 26.9. The van der Waals surface area contributed by atoms with Crippen LogP contribution in [0.1, 0.15) is 19.3 Å². The second kappa shape index (κ2) is 6.04. The number of nitrogens with two attached hydrogens (primary N) is 1. The van der Waals surface area contributed by atoms with E-state index < -0.39 is 38.9 Å². The van der Waals surface area contributed by atoms with Gasteiger partial charge in [0.1, 0.15) is 6.04 Å². The number of primary amides is 1. The summed E-state index contributed by atoms with van der Waals surface area (Å²) in [6, 6.07) is -1.43. The van der Waals surface area contributed by atoms with E-state index in [0.717, 1.165) is 4.31 Å². The number of allylic oxidation sites excluding steroid dienone is 1. The van der Waals surface area contributed by atoms with Gasteiger partial charge in [0, 0.05) is 19.2 Å². The highest BCUT2D eigenvalue weighted by Gasteiger charge is 2.43. The fourth-order valence-corrected chi connectivity index (χ4v) is 4.00. The number of aliphatic hydroxyl groups excluding tert-OH is 1. The molecule has 2 aliphatic heterocycles. The molecule has 1 saturated heterocycles. The normalized spacial score (nSPS) is 28.0. The summed E-state index contributed by atoms with van der Waals surface area (Å²) in [7, 11) is -4.28. The molecule has 2 rings (SSSR count). The Kier molecular flexibility index (Phi) is 4.55. The minimum Gasteiger partial charge on any atom is -0.391 e. The van der Waals surface area contributed by atoms with Gasteiger partial charge in [-0.25, -0.2) is 13.4 Å². The minimum atomic E-state index is -4.28. The lowest BCUT2D eigenvalue weighted by Crippen LogP contribution is -2.55. The first-order valence-corrected chi connectivity index (χ1v) is 7.88. The van der Waals surface area contributed by atoms with E-state index in [2.05, 4.69) is 4.99 Å². The summed E-state index contributed by atoms with van der Waals surface area (Å²) in [5, 5.41) is 9.30. The van der Waals surface area contributed by atoms with Crippen molar-refractivity contribution in [3.63, 3.8) is 0 Å². The van der Waals surface area contributed by atoms with Crippen LogP contribution in [0.2, 0.25) is 0 Å². The number of rotatable bonds is 2. The van der Waals surface area contributed by atoms with Gasteiger partial charge in [-0.3, -0.25) is 9.59 Å². The number of amides is 1. The summed E-state index contributed by atoms with van der Waals surface area (Å²) in [5.74, 6) is -1.62. The van der Waals surface area contributed by atoms with Gasteiger partial charge >= 0.3 is 0 Å². The number of hydrogen-bond donors (Lipinski definition) is 2. The third kappa shape index (κ3) is 3.04. The van der Waals surface area contributed by atoms with Gasteiger partial charge in [-0.1, -0.05) is 6.08 Å². The van der Waals surface area contributed by atoms with Crippen LogP contribution in [0.15, 0.2) is 17.3 Å². The minimum absolute atomic E-state index is 0.0144. The Bertz CT molecular complexity index is 610. The van der Waals surface area contributed by atoms with Crippen LogP contribution in [-0.4, -0.2) is 53.3 Å². The standard InChI is InChI=1S/C12H16N3O5S/c13-11(18)10-8(16)4-1-2-7-15(10)21(19,20)12-9(17)5-3-6-14-12/h3-4,6,8,10,16H,1-2,5,7H2,(H2,13,18). The van der Waals surface area contributed by atoms with Crippen molar-refractivity contribution in [3.05, 3.63) is 18.7 Å². The van der Waals surface area contributed by atoms with Gasteiger partial charge in [-0.2, -0.15) is 4.31 Å². The SMILES string of the molecule is NC(=O)C1C(O)[CH]CCCN1S(=O)(=O)C1=NC=CCC1=O. The molecule has 0 bridgehead atoms. The second-order valence-electron chi connectivity index (χ2n) is 4.78. The van der Waals surface area contributed by atoms with Crippen LogP contribution in [0.3, 0.4) is 0 Å². The van der Waals surface area contributed by atoms with Gasteiger partial charge in [0.05, 0.1) is 6.10 Å². The molecule has 0 aromatic heterocycles. The largest absolute Gasteiger partial charge is 0.391 e. The summed E-state index contributed by atoms with van der Waals surface area (Å²) >= 11 is 0. The molecule has 0 aromatic rings. The zero-order valence-electron chi connectivity index (χ0n) is 11.2. The molecule has 1 fully saturated rings. The highest BCUT2D eigenvalue weighted by molar-refractivity contribution is 8.06. The molecule has 0 spiro atoms. The van der Waals surface area contributed by atoms with Crippen molar-refractivity contribution in [2.45, 2.75) is 31.4 Å². The van der Waals surface area contributed by atoms with E-state index in [1.165, 1.54) is 18.7 Å². The van der Waals surface area contributed by atoms with Crippen molar-refractivity contribution in [1.29, 1.82) is 0 Å².